The van der Waals surface area contributed by atoms with Gasteiger partial charge in [0.15, 0.2) is 8.83 Å². The molecule has 0 heterocycles. The van der Waals surface area contributed by atoms with Crippen LogP contribution in [0.15, 0.2) is 36.9 Å². The van der Waals surface area contributed by atoms with Crippen LogP contribution in [0.3, 0.4) is 0 Å². The van der Waals surface area contributed by atoms with Crippen LogP contribution >= 0.6 is 11.1 Å². The molecule has 1 aromatic carbocycles. The largest absolute Gasteiger partial charge is 0.170 e. The zero-order valence-electron chi connectivity index (χ0n) is 9.21. The van der Waals surface area contributed by atoms with E-state index in [2.05, 4.69) is 30.8 Å². The number of hydrogen-bond donors (Lipinski definition) is 0. The van der Waals surface area contributed by atoms with Crippen LogP contribution in [0, 0.1) is 0 Å². The maximum Gasteiger partial charge on any atom is 0.156 e. The fourth-order valence-corrected chi connectivity index (χ4v) is 3.19. The molecule has 0 amide bonds. The van der Waals surface area contributed by atoms with E-state index in [-0.39, 0.29) is 0 Å². The second-order valence-corrected chi connectivity index (χ2v) is 5.62. The molecular formula is C13H19ClSi. The van der Waals surface area contributed by atoms with Gasteiger partial charge in [0.2, 0.25) is 0 Å². The lowest BCUT2D eigenvalue weighted by Crippen LogP contribution is -2.14. The van der Waals surface area contributed by atoms with E-state index in [4.69, 9.17) is 11.1 Å². The van der Waals surface area contributed by atoms with E-state index in [1.54, 1.807) is 0 Å². The third kappa shape index (κ3) is 4.67. The van der Waals surface area contributed by atoms with Crippen molar-refractivity contribution in [2.45, 2.75) is 32.1 Å². The summed E-state index contributed by atoms with van der Waals surface area (Å²) in [4.78, 5) is 0. The Balaban J connectivity index is 2.33. The highest BCUT2D eigenvalue weighted by Crippen LogP contribution is 2.06. The fraction of sp³-hybridized carbons (Fsp3) is 0.385. The minimum absolute atomic E-state index is 0.525. The highest BCUT2D eigenvalue weighted by Gasteiger charge is 1.99. The van der Waals surface area contributed by atoms with Gasteiger partial charge in [-0.15, -0.1) is 6.58 Å². The van der Waals surface area contributed by atoms with Crippen molar-refractivity contribution in [2.75, 3.05) is 0 Å². The van der Waals surface area contributed by atoms with Gasteiger partial charge in [0.1, 0.15) is 0 Å². The molecule has 0 fully saturated rings. The lowest BCUT2D eigenvalue weighted by atomic mass is 10.1. The van der Waals surface area contributed by atoms with Crippen LogP contribution in [0.25, 0.3) is 0 Å². The van der Waals surface area contributed by atoms with Crippen molar-refractivity contribution >= 4 is 25.1 Å². The maximum absolute atomic E-state index is 6.02. The summed E-state index contributed by atoms with van der Waals surface area (Å²) in [6, 6.07) is 8.60. The normalized spacial score (nSPS) is 11.0. The maximum atomic E-state index is 6.02. The Morgan fingerprint density at radius 1 is 1.20 bits per heavy atom. The van der Waals surface area contributed by atoms with Crippen LogP contribution in [0.5, 0.6) is 0 Å². The molecule has 15 heavy (non-hydrogen) atoms. The van der Waals surface area contributed by atoms with E-state index in [1.807, 2.05) is 6.08 Å². The summed E-state index contributed by atoms with van der Waals surface area (Å²) in [6.07, 6.45) is 8.17. The molecule has 0 saturated carbocycles. The molecule has 0 saturated heterocycles. The average molecular weight is 239 g/mol. The van der Waals surface area contributed by atoms with Gasteiger partial charge in [-0.1, -0.05) is 36.8 Å². The molecular weight excluding hydrogens is 220 g/mol. The Bertz CT molecular complexity index is 296. The summed E-state index contributed by atoms with van der Waals surface area (Å²) in [5.74, 6) is 0. The number of benzene rings is 1. The molecule has 0 N–H and O–H groups in total. The van der Waals surface area contributed by atoms with Crippen molar-refractivity contribution in [3.63, 3.8) is 0 Å². The van der Waals surface area contributed by atoms with Crippen molar-refractivity contribution in [3.8, 4) is 0 Å². The molecule has 0 spiro atoms. The number of allylic oxidation sites excluding steroid dienone is 1. The minimum atomic E-state index is -0.525. The standard InChI is InChI=1S/C13H19ClSi/c1-2-3-4-5-6-9-12-10-7-8-11-13(12)15-14/h2,7-8,10-11H,1,3-6,9,15H2. The Morgan fingerprint density at radius 3 is 2.73 bits per heavy atom. The quantitative estimate of drug-likeness (QED) is 0.297. The average Bonchev–Trinajstić information content (AvgIpc) is 2.29. The van der Waals surface area contributed by atoms with Gasteiger partial charge in [0.05, 0.1) is 0 Å². The molecule has 0 nitrogen and oxygen atoms in total. The summed E-state index contributed by atoms with van der Waals surface area (Å²) in [5, 5.41) is 1.42. The van der Waals surface area contributed by atoms with Gasteiger partial charge in [0.25, 0.3) is 0 Å². The number of rotatable bonds is 7. The second kappa shape index (κ2) is 7.72. The van der Waals surface area contributed by atoms with Gasteiger partial charge in [-0.25, -0.2) is 0 Å². The molecule has 2 heteroatoms. The Hall–Kier alpha value is -0.533. The smallest absolute Gasteiger partial charge is 0.156 e. The summed E-state index contributed by atoms with van der Waals surface area (Å²) >= 11 is 6.02. The first-order chi connectivity index (χ1) is 7.38. The molecule has 1 rings (SSSR count). The first-order valence-electron chi connectivity index (χ1n) is 5.62. The first-order valence-corrected chi connectivity index (χ1v) is 8.46. The molecule has 0 radical (unpaired) electrons. The van der Waals surface area contributed by atoms with E-state index in [0.29, 0.717) is 0 Å². The number of unbranched alkanes of at least 4 members (excludes halogenated alkanes) is 3. The zero-order valence-corrected chi connectivity index (χ0v) is 11.4. The number of halogens is 1. The Morgan fingerprint density at radius 2 is 2.00 bits per heavy atom. The molecule has 1 aromatic rings. The van der Waals surface area contributed by atoms with Crippen molar-refractivity contribution in [1.82, 2.24) is 0 Å². The Kier molecular flexibility index (Phi) is 6.45. The van der Waals surface area contributed by atoms with Crippen molar-refractivity contribution in [3.05, 3.63) is 42.5 Å². The molecule has 0 aliphatic heterocycles. The van der Waals surface area contributed by atoms with Gasteiger partial charge < -0.3 is 0 Å². The monoisotopic (exact) mass is 238 g/mol. The highest BCUT2D eigenvalue weighted by molar-refractivity contribution is 7.01. The number of aryl methyl sites for hydroxylation is 1. The van der Waals surface area contributed by atoms with Crippen molar-refractivity contribution < 1.29 is 0 Å². The summed E-state index contributed by atoms with van der Waals surface area (Å²) in [5.41, 5.74) is 1.47. The lowest BCUT2D eigenvalue weighted by Gasteiger charge is -2.05. The van der Waals surface area contributed by atoms with E-state index in [9.17, 15) is 0 Å². The van der Waals surface area contributed by atoms with Gasteiger partial charge in [-0.2, -0.15) is 11.1 Å². The molecule has 0 atom stereocenters. The van der Waals surface area contributed by atoms with Crippen LogP contribution in [0.4, 0.5) is 0 Å². The van der Waals surface area contributed by atoms with Gasteiger partial charge in [0, 0.05) is 0 Å². The van der Waals surface area contributed by atoms with E-state index >= 15 is 0 Å². The van der Waals surface area contributed by atoms with Gasteiger partial charge >= 0.3 is 0 Å². The Labute approximate surface area is 99.9 Å². The third-order valence-corrected chi connectivity index (χ3v) is 4.46. The van der Waals surface area contributed by atoms with Crippen molar-refractivity contribution in [2.24, 2.45) is 0 Å². The molecule has 0 aliphatic rings. The van der Waals surface area contributed by atoms with Crippen LogP contribution < -0.4 is 5.19 Å². The van der Waals surface area contributed by atoms with Crippen LogP contribution in [0.2, 0.25) is 0 Å². The molecule has 0 aliphatic carbocycles. The van der Waals surface area contributed by atoms with E-state index < -0.39 is 8.83 Å². The lowest BCUT2D eigenvalue weighted by molar-refractivity contribution is 0.688. The first kappa shape index (κ1) is 12.5. The predicted molar refractivity (Wildman–Crippen MR) is 72.8 cm³/mol. The van der Waals surface area contributed by atoms with Gasteiger partial charge in [-0.05, 0) is 36.4 Å². The SMILES string of the molecule is C=CCCCCCc1ccccc1[SiH2]Cl. The number of hydrogen-bond acceptors (Lipinski definition) is 0. The van der Waals surface area contributed by atoms with Crippen LogP contribution in [-0.2, 0) is 6.42 Å². The second-order valence-electron chi connectivity index (χ2n) is 3.79. The third-order valence-electron chi connectivity index (χ3n) is 2.62. The molecule has 0 aromatic heterocycles. The highest BCUT2D eigenvalue weighted by atomic mass is 35.6. The van der Waals surface area contributed by atoms with Crippen LogP contribution in [-0.4, -0.2) is 8.83 Å². The van der Waals surface area contributed by atoms with Crippen molar-refractivity contribution in [1.29, 1.82) is 0 Å². The van der Waals surface area contributed by atoms with E-state index in [0.717, 1.165) is 6.42 Å². The van der Waals surface area contributed by atoms with E-state index in [1.165, 1.54) is 36.4 Å². The predicted octanol–water partition coefficient (Wildman–Crippen LogP) is 2.92. The minimum Gasteiger partial charge on any atom is -0.170 e. The van der Waals surface area contributed by atoms with Gasteiger partial charge in [-0.3, -0.25) is 0 Å². The van der Waals surface area contributed by atoms with Crippen LogP contribution in [0.1, 0.15) is 31.2 Å². The summed E-state index contributed by atoms with van der Waals surface area (Å²) < 4.78 is 0. The summed E-state index contributed by atoms with van der Waals surface area (Å²) in [6.45, 7) is 3.73. The molecule has 0 bridgehead atoms. The molecule has 82 valence electrons. The zero-order chi connectivity index (χ0) is 10.9. The summed E-state index contributed by atoms with van der Waals surface area (Å²) in [7, 11) is -0.525. The fourth-order valence-electron chi connectivity index (χ4n) is 1.71. The molecule has 0 unspecified atom stereocenters. The topological polar surface area (TPSA) is 0 Å².